The number of hydrogen-bond acceptors (Lipinski definition) is 9. The largest absolute Gasteiger partial charge is 0.487 e. The molecule has 7 aliphatic rings. The summed E-state index contributed by atoms with van der Waals surface area (Å²) in [5.41, 5.74) is 5.12. The molecule has 6 aromatic rings. The van der Waals surface area contributed by atoms with E-state index in [0.717, 1.165) is 72.4 Å². The van der Waals surface area contributed by atoms with Gasteiger partial charge >= 0.3 is 36.6 Å². The van der Waals surface area contributed by atoms with Gasteiger partial charge in [-0.05, 0) is 194 Å². The average Bonchev–Trinajstić information content (AvgIpc) is 0.768. The Balaban J connectivity index is 0.000000158. The van der Waals surface area contributed by atoms with Crippen LogP contribution in [0.1, 0.15) is 171 Å². The van der Waals surface area contributed by atoms with E-state index in [-0.39, 0.29) is 53.5 Å². The predicted molar refractivity (Wildman–Crippen MR) is 382 cm³/mol. The Bertz CT molecular complexity index is 4530. The fourth-order valence-electron chi connectivity index (χ4n) is 13.7. The van der Waals surface area contributed by atoms with Gasteiger partial charge in [-0.1, -0.05) is 50.2 Å². The van der Waals surface area contributed by atoms with Crippen LogP contribution in [0.15, 0.2) is 127 Å². The fourth-order valence-corrected chi connectivity index (χ4v) is 13.7. The molecular weight excluding hydrogens is 1380 g/mol. The van der Waals surface area contributed by atoms with Gasteiger partial charge in [0.15, 0.2) is 0 Å². The molecule has 0 atom stereocenters. The monoisotopic (exact) mass is 1460 g/mol. The van der Waals surface area contributed by atoms with Gasteiger partial charge in [0.05, 0.1) is 16.7 Å². The minimum atomic E-state index is -4.49. The van der Waals surface area contributed by atoms with E-state index in [1.54, 1.807) is 64.9 Å². The lowest BCUT2D eigenvalue weighted by Crippen LogP contribution is -2.45. The lowest BCUT2D eigenvalue weighted by atomic mass is 9.72. The third-order valence-corrected chi connectivity index (χ3v) is 19.6. The SMILES string of the molecule is CC(C)N1Cc2ccc(NC(=O)/C=C3\CC(C)(C)Oc4cc(C(F)(F)F)ccc43)cc2NC1=O.CC(C)N1Cc2ccc(NC(=O)/C=C3\CC4(CCC4)Oc4cc(C(F)(F)F)ccc43)cc2NC1=O.CCC1(CC)C/C(=C\C(=O)Nc2ccc3c(c2)NC(=O)N(C(C)C)C3)c2ccc(C(F)(F)F)cc2O1. The van der Waals surface area contributed by atoms with Gasteiger partial charge in [-0.25, -0.2) is 14.4 Å². The van der Waals surface area contributed by atoms with E-state index < -0.39 is 69.7 Å². The zero-order chi connectivity index (χ0) is 76.0. The van der Waals surface area contributed by atoms with Crippen molar-refractivity contribution in [3.05, 3.63) is 177 Å². The van der Waals surface area contributed by atoms with Crippen molar-refractivity contribution in [3.63, 3.8) is 0 Å². The number of alkyl halides is 9. The summed E-state index contributed by atoms with van der Waals surface area (Å²) in [6.45, 7) is 20.4. The molecule has 13 rings (SSSR count). The maximum Gasteiger partial charge on any atom is 0.416 e. The Kier molecular flexibility index (Phi) is 21.1. The molecule has 0 radical (unpaired) electrons. The van der Waals surface area contributed by atoms with Crippen LogP contribution >= 0.6 is 0 Å². The smallest absolute Gasteiger partial charge is 0.416 e. The Labute approximate surface area is 601 Å². The lowest BCUT2D eigenvalue weighted by molar-refractivity contribution is -0.138. The van der Waals surface area contributed by atoms with Gasteiger partial charge in [0.2, 0.25) is 17.7 Å². The minimum Gasteiger partial charge on any atom is -0.487 e. The number of hydrogen-bond donors (Lipinski definition) is 6. The van der Waals surface area contributed by atoms with Crippen molar-refractivity contribution in [2.45, 2.75) is 194 Å². The molecular formula is C78H82F9N9O9. The second-order valence-electron chi connectivity index (χ2n) is 28.7. The number of benzene rings is 6. The Morgan fingerprint density at radius 3 is 1.10 bits per heavy atom. The van der Waals surface area contributed by atoms with E-state index in [4.69, 9.17) is 14.2 Å². The highest BCUT2D eigenvalue weighted by Gasteiger charge is 2.46. The number of nitrogens with one attached hydrogen (secondary N) is 6. The van der Waals surface area contributed by atoms with Crippen molar-refractivity contribution in [2.75, 3.05) is 31.9 Å². The Morgan fingerprint density at radius 1 is 0.457 bits per heavy atom. The highest BCUT2D eigenvalue weighted by atomic mass is 19.4. The van der Waals surface area contributed by atoms with E-state index in [9.17, 15) is 68.3 Å². The summed E-state index contributed by atoms with van der Waals surface area (Å²) in [4.78, 5) is 80.8. The highest BCUT2D eigenvalue weighted by Crippen LogP contribution is 2.52. The van der Waals surface area contributed by atoms with E-state index in [1.807, 2.05) is 73.6 Å². The van der Waals surface area contributed by atoms with E-state index in [0.29, 0.717) is 119 Å². The number of ether oxygens (including phenoxy) is 3. The third-order valence-electron chi connectivity index (χ3n) is 19.6. The number of halogens is 9. The molecule has 0 saturated heterocycles. The second-order valence-corrected chi connectivity index (χ2v) is 28.7. The maximum absolute atomic E-state index is 13.3. The predicted octanol–water partition coefficient (Wildman–Crippen LogP) is 19.1. The summed E-state index contributed by atoms with van der Waals surface area (Å²) in [6.07, 6.45) is -4.44. The van der Waals surface area contributed by atoms with E-state index in [2.05, 4.69) is 31.9 Å². The van der Waals surface area contributed by atoms with Crippen molar-refractivity contribution in [1.29, 1.82) is 0 Å². The number of urea groups is 3. The van der Waals surface area contributed by atoms with Crippen LogP contribution in [0.3, 0.4) is 0 Å². The summed E-state index contributed by atoms with van der Waals surface area (Å²) in [6, 6.07) is 25.6. The van der Waals surface area contributed by atoms with Crippen LogP contribution in [0.2, 0.25) is 0 Å². The zero-order valence-corrected chi connectivity index (χ0v) is 59.6. The molecule has 6 aromatic carbocycles. The topological polar surface area (TPSA) is 212 Å². The first-order valence-corrected chi connectivity index (χ1v) is 34.7. The minimum absolute atomic E-state index is 0.0528. The summed E-state index contributed by atoms with van der Waals surface area (Å²) in [5, 5.41) is 17.0. The molecule has 6 heterocycles. The number of carbonyl (C=O) groups excluding carboxylic acids is 6. The fraction of sp³-hybridized carbons (Fsp3) is 0.385. The van der Waals surface area contributed by atoms with Crippen LogP contribution in [0.5, 0.6) is 17.2 Å². The molecule has 1 spiro atoms. The molecule has 105 heavy (non-hydrogen) atoms. The van der Waals surface area contributed by atoms with Gasteiger partial charge in [-0.15, -0.1) is 0 Å². The quantitative estimate of drug-likeness (QED) is 0.0537. The van der Waals surface area contributed by atoms with E-state index >= 15 is 0 Å². The summed E-state index contributed by atoms with van der Waals surface area (Å²) in [7, 11) is 0. The molecule has 27 heteroatoms. The lowest BCUT2D eigenvalue weighted by Gasteiger charge is -2.46. The van der Waals surface area contributed by atoms with Crippen molar-refractivity contribution < 1.29 is 82.5 Å². The van der Waals surface area contributed by atoms with Gasteiger partial charge in [0.25, 0.3) is 0 Å². The molecule has 6 aliphatic heterocycles. The number of fused-ring (bicyclic) bond motifs is 6. The van der Waals surface area contributed by atoms with Crippen LogP contribution in [0, 0.1) is 0 Å². The van der Waals surface area contributed by atoms with Crippen molar-refractivity contribution >= 4 is 86.7 Å². The van der Waals surface area contributed by atoms with Gasteiger partial charge in [-0.2, -0.15) is 39.5 Å². The Hall–Kier alpha value is -10.5. The van der Waals surface area contributed by atoms with Crippen molar-refractivity contribution in [1.82, 2.24) is 14.7 Å². The van der Waals surface area contributed by atoms with Gasteiger partial charge in [-0.3, -0.25) is 14.4 Å². The van der Waals surface area contributed by atoms with Crippen LogP contribution in [-0.2, 0) is 52.5 Å². The molecule has 1 fully saturated rings. The van der Waals surface area contributed by atoms with Gasteiger partial charge in [0.1, 0.15) is 34.1 Å². The number of carbonyl (C=O) groups is 6. The average molecular weight is 1460 g/mol. The van der Waals surface area contributed by atoms with Crippen molar-refractivity contribution in [3.8, 4) is 17.2 Å². The molecule has 6 N–H and O–H groups in total. The summed E-state index contributed by atoms with van der Waals surface area (Å²) >= 11 is 0. The third kappa shape index (κ3) is 17.2. The zero-order valence-electron chi connectivity index (χ0n) is 59.6. The number of rotatable bonds is 11. The van der Waals surface area contributed by atoms with Crippen molar-refractivity contribution in [2.24, 2.45) is 0 Å². The molecule has 1 aliphatic carbocycles. The number of nitrogens with zero attached hydrogens (tertiary/aromatic N) is 3. The number of anilines is 6. The summed E-state index contributed by atoms with van der Waals surface area (Å²) in [5.74, 6) is -0.848. The molecule has 1 saturated carbocycles. The highest BCUT2D eigenvalue weighted by molar-refractivity contribution is 6.07. The molecule has 0 unspecified atom stereocenters. The standard InChI is InChI=1S/C27H30F3N3O3.C26H26F3N3O3.C25H26F3N3O3/c1-5-26(6-2)14-18(21-10-8-19(27(28,29)30)12-23(21)36-26)11-24(34)31-20-9-7-17-15-33(16(3)4)25(35)32-22(17)13-20;1-15(2)32-14-16-4-6-19(12-21(16)31-24(32)34)30-23(33)10-17-13-25(8-3-9-25)35-22-11-18(26(27,28)29)5-7-20(17)22;1-14(2)31-13-15-5-7-18(11-20(15)30-23(31)33)29-22(32)9-16-12-24(3,4)34-21-10-17(25(26,27)28)6-8-19(16)21/h7-13,16H,5-6,14-15H2,1-4H3,(H,31,34)(H,32,35);4-7,10-12,15H,3,8-9,13-14H2,1-2H3,(H,30,33)(H,31,34);5-11,14H,12-13H2,1-4H3,(H,29,32)(H,30,33)/b18-11+;17-10+;16-9+. The normalized spacial score (nSPS) is 18.5. The first kappa shape index (κ1) is 75.7. The molecule has 556 valence electrons. The Morgan fingerprint density at radius 2 is 0.781 bits per heavy atom. The van der Waals surface area contributed by atoms with Crippen LogP contribution < -0.4 is 46.1 Å². The van der Waals surface area contributed by atoms with Gasteiger partial charge in [0, 0.05) is 126 Å². The molecule has 0 aromatic heterocycles. The summed E-state index contributed by atoms with van der Waals surface area (Å²) < 4.78 is 137. The first-order chi connectivity index (χ1) is 49.3. The van der Waals surface area contributed by atoms with Gasteiger partial charge < -0.3 is 60.8 Å². The molecule has 18 nitrogen and oxygen atoms in total. The molecule has 0 bridgehead atoms. The van der Waals surface area contributed by atoms with Crippen LogP contribution in [0.25, 0.3) is 16.7 Å². The second kappa shape index (κ2) is 29.2. The number of amides is 9. The first-order valence-electron chi connectivity index (χ1n) is 34.7. The molecule has 9 amide bonds. The van der Waals surface area contributed by atoms with Crippen LogP contribution in [-0.4, -0.2) is 85.4 Å². The van der Waals surface area contributed by atoms with E-state index in [1.165, 1.54) is 36.4 Å². The van der Waals surface area contributed by atoms with Crippen LogP contribution in [0.4, 0.5) is 88.0 Å². The maximum atomic E-state index is 13.3.